The Morgan fingerprint density at radius 2 is 2.15 bits per heavy atom. The predicted octanol–water partition coefficient (Wildman–Crippen LogP) is -1.41. The smallest absolute Gasteiger partial charge is 0.353 e. The van der Waals surface area contributed by atoms with Gasteiger partial charge < -0.3 is 31.3 Å². The van der Waals surface area contributed by atoms with Gasteiger partial charge in [-0.25, -0.2) is 9.48 Å². The minimum absolute atomic E-state index is 0.00244. The fourth-order valence-corrected chi connectivity index (χ4v) is 7.86. The van der Waals surface area contributed by atoms with E-state index in [-0.39, 0.29) is 65.0 Å². The van der Waals surface area contributed by atoms with Crippen molar-refractivity contribution in [1.29, 1.82) is 5.41 Å². The van der Waals surface area contributed by atoms with Crippen molar-refractivity contribution < 1.29 is 24.3 Å². The van der Waals surface area contributed by atoms with Gasteiger partial charge in [0.25, 0.3) is 0 Å². The van der Waals surface area contributed by atoms with E-state index in [4.69, 9.17) is 11.1 Å². The van der Waals surface area contributed by atoms with Crippen molar-refractivity contribution in [3.05, 3.63) is 16.9 Å². The standard InChI is InChI=1S/C24H34N10O5S/c1-11-19-18(12(2)29-17(35)9-33-10-28-30-31-33)23(37)34(19)20(24(38)39)21(11)40-14-6-15(27-7-14)22(36)32-4-3-13(8-32)5-16(25)26/h10-15,18-19,27H,3-9H2,1-2H3,(H3,25,26)(H,29,35)(H,38,39)/t11-,12-,13?,14+,15+,18-,19-/m1/s1. The van der Waals surface area contributed by atoms with Crippen LogP contribution in [-0.4, -0.2) is 108 Å². The molecule has 1 aromatic heterocycles. The van der Waals surface area contributed by atoms with Crippen molar-refractivity contribution in [3.8, 4) is 0 Å². The summed E-state index contributed by atoms with van der Waals surface area (Å²) < 4.78 is 1.27. The number of carbonyl (C=O) groups excluding carboxylic acids is 3. The summed E-state index contributed by atoms with van der Waals surface area (Å²) in [5.41, 5.74) is 5.52. The SMILES string of the molecule is C[C@@H](NC(=O)Cn1cnnn1)[C@H]1C(=O)N2C(C(=O)O)=C(S[C@@H]3CN[C@H](C(=O)N4CCC(CC(=N)N)C4)C3)[C@H](C)[C@H]12. The van der Waals surface area contributed by atoms with E-state index in [0.29, 0.717) is 37.4 Å². The van der Waals surface area contributed by atoms with E-state index in [1.165, 1.54) is 27.7 Å². The van der Waals surface area contributed by atoms with E-state index in [1.807, 2.05) is 11.8 Å². The number of carbonyl (C=O) groups is 4. The van der Waals surface area contributed by atoms with Crippen LogP contribution < -0.4 is 16.4 Å². The number of fused-ring (bicyclic) bond motifs is 1. The third-order valence-electron chi connectivity index (χ3n) is 8.20. The van der Waals surface area contributed by atoms with Crippen molar-refractivity contribution in [1.82, 2.24) is 40.6 Å². The third kappa shape index (κ3) is 5.29. The Hall–Kier alpha value is -3.53. The largest absolute Gasteiger partial charge is 0.477 e. The maximum Gasteiger partial charge on any atom is 0.353 e. The number of carboxylic acids is 1. The molecule has 5 rings (SSSR count). The van der Waals surface area contributed by atoms with Gasteiger partial charge in [0.15, 0.2) is 0 Å². The number of likely N-dealkylation sites (tertiary alicyclic amines) is 1. The zero-order chi connectivity index (χ0) is 28.7. The lowest BCUT2D eigenvalue weighted by atomic mass is 9.78. The molecular weight excluding hydrogens is 540 g/mol. The van der Waals surface area contributed by atoms with Crippen LogP contribution in [0.5, 0.6) is 0 Å². The number of rotatable bonds is 10. The Kier molecular flexibility index (Phi) is 7.81. The number of nitrogens with two attached hydrogens (primary N) is 1. The number of aromatic nitrogens is 4. The molecule has 1 unspecified atom stereocenters. The summed E-state index contributed by atoms with van der Waals surface area (Å²) >= 11 is 1.43. The first kappa shape index (κ1) is 28.0. The van der Waals surface area contributed by atoms with Gasteiger partial charge in [-0.1, -0.05) is 6.92 Å². The Balaban J connectivity index is 1.20. The van der Waals surface area contributed by atoms with Crippen molar-refractivity contribution >= 4 is 41.3 Å². The minimum atomic E-state index is -1.16. The van der Waals surface area contributed by atoms with Gasteiger partial charge in [0, 0.05) is 48.2 Å². The molecule has 3 saturated heterocycles. The van der Waals surface area contributed by atoms with Gasteiger partial charge in [0.2, 0.25) is 17.7 Å². The number of amidine groups is 1. The molecule has 4 aliphatic heterocycles. The van der Waals surface area contributed by atoms with Gasteiger partial charge in [0.05, 0.1) is 23.8 Å². The Morgan fingerprint density at radius 1 is 1.38 bits per heavy atom. The molecule has 0 saturated carbocycles. The lowest BCUT2D eigenvalue weighted by Crippen LogP contribution is -2.66. The zero-order valence-corrected chi connectivity index (χ0v) is 23.1. The zero-order valence-electron chi connectivity index (χ0n) is 22.3. The number of aliphatic carboxylic acids is 1. The molecule has 4 aliphatic rings. The van der Waals surface area contributed by atoms with Crippen LogP contribution >= 0.6 is 11.8 Å². The highest BCUT2D eigenvalue weighted by molar-refractivity contribution is 8.03. The molecule has 6 N–H and O–H groups in total. The van der Waals surface area contributed by atoms with Crippen LogP contribution in [-0.2, 0) is 25.7 Å². The molecule has 3 amide bonds. The Bertz CT molecular complexity index is 1240. The monoisotopic (exact) mass is 574 g/mol. The van der Waals surface area contributed by atoms with E-state index in [9.17, 15) is 24.3 Å². The van der Waals surface area contributed by atoms with Crippen LogP contribution in [0.1, 0.15) is 33.1 Å². The molecule has 16 heteroatoms. The highest BCUT2D eigenvalue weighted by Gasteiger charge is 2.60. The third-order valence-corrected chi connectivity index (χ3v) is 9.72. The summed E-state index contributed by atoms with van der Waals surface area (Å²) in [5, 5.41) is 34.3. The van der Waals surface area contributed by atoms with Gasteiger partial charge >= 0.3 is 5.97 Å². The van der Waals surface area contributed by atoms with E-state index in [1.54, 1.807) is 6.92 Å². The Morgan fingerprint density at radius 3 is 2.83 bits per heavy atom. The quantitative estimate of drug-likeness (QED) is 0.124. The number of hydrogen-bond acceptors (Lipinski definition) is 10. The second-order valence-corrected chi connectivity index (χ2v) is 12.3. The number of nitrogens with zero attached hydrogens (tertiary/aromatic N) is 6. The topological polar surface area (TPSA) is 213 Å². The average molecular weight is 575 g/mol. The average Bonchev–Trinajstić information content (AvgIpc) is 3.67. The van der Waals surface area contributed by atoms with Gasteiger partial charge in [-0.2, -0.15) is 0 Å². The van der Waals surface area contributed by atoms with Crippen molar-refractivity contribution in [2.75, 3.05) is 19.6 Å². The molecule has 5 heterocycles. The number of carboxylic acid groups (broad SMARTS) is 1. The van der Waals surface area contributed by atoms with Crippen LogP contribution in [0.25, 0.3) is 0 Å². The first-order valence-electron chi connectivity index (χ1n) is 13.4. The number of thioether (sulfide) groups is 1. The molecule has 216 valence electrons. The van der Waals surface area contributed by atoms with Crippen LogP contribution in [0.3, 0.4) is 0 Å². The summed E-state index contributed by atoms with van der Waals surface area (Å²) in [4.78, 5) is 54.8. The summed E-state index contributed by atoms with van der Waals surface area (Å²) in [6, 6.07) is -1.25. The minimum Gasteiger partial charge on any atom is -0.477 e. The maximum atomic E-state index is 13.2. The van der Waals surface area contributed by atoms with Gasteiger partial charge in [-0.05, 0) is 36.1 Å². The number of tetrazole rings is 1. The number of amides is 3. The number of nitrogens with one attached hydrogen (secondary N) is 3. The normalized spacial score (nSPS) is 30.3. The van der Waals surface area contributed by atoms with Gasteiger partial charge in [-0.15, -0.1) is 16.9 Å². The van der Waals surface area contributed by atoms with E-state index < -0.39 is 17.9 Å². The van der Waals surface area contributed by atoms with Crippen LogP contribution in [0.2, 0.25) is 0 Å². The summed E-state index contributed by atoms with van der Waals surface area (Å²) in [5.74, 6) is -2.28. The number of β-lactam (4-membered cyclic amide) rings is 1. The first-order valence-corrected chi connectivity index (χ1v) is 14.3. The van der Waals surface area contributed by atoms with Crippen LogP contribution in [0.4, 0.5) is 0 Å². The van der Waals surface area contributed by atoms with Crippen molar-refractivity contribution in [3.63, 3.8) is 0 Å². The van der Waals surface area contributed by atoms with Gasteiger partial charge in [-0.3, -0.25) is 19.8 Å². The van der Waals surface area contributed by atoms with Crippen molar-refractivity contribution in [2.45, 2.75) is 63.0 Å². The fraction of sp³-hybridized carbons (Fsp3) is 0.667. The highest BCUT2D eigenvalue weighted by atomic mass is 32.2. The molecule has 1 aromatic rings. The molecule has 7 atom stereocenters. The lowest BCUT2D eigenvalue weighted by molar-refractivity contribution is -0.158. The molecule has 0 radical (unpaired) electrons. The fourth-order valence-electron chi connectivity index (χ4n) is 6.38. The highest BCUT2D eigenvalue weighted by Crippen LogP contribution is 2.51. The number of hydrogen-bond donors (Lipinski definition) is 5. The molecule has 40 heavy (non-hydrogen) atoms. The summed E-state index contributed by atoms with van der Waals surface area (Å²) in [6.45, 7) is 5.33. The second-order valence-electron chi connectivity index (χ2n) is 11.0. The molecular formula is C24H34N10O5S. The van der Waals surface area contributed by atoms with Crippen LogP contribution in [0.15, 0.2) is 16.9 Å². The summed E-state index contributed by atoms with van der Waals surface area (Å²) in [7, 11) is 0. The van der Waals surface area contributed by atoms with E-state index >= 15 is 0 Å². The molecule has 3 fully saturated rings. The predicted molar refractivity (Wildman–Crippen MR) is 142 cm³/mol. The molecule has 0 bridgehead atoms. The second kappa shape index (κ2) is 11.2. The molecule has 0 aliphatic carbocycles. The molecule has 15 nitrogen and oxygen atoms in total. The van der Waals surface area contributed by atoms with Crippen LogP contribution in [0, 0.1) is 23.2 Å². The first-order chi connectivity index (χ1) is 19.0. The Labute approximate surface area is 234 Å². The van der Waals surface area contributed by atoms with E-state index in [2.05, 4.69) is 26.2 Å². The molecule has 0 aromatic carbocycles. The maximum absolute atomic E-state index is 13.2. The van der Waals surface area contributed by atoms with Gasteiger partial charge in [0.1, 0.15) is 18.6 Å². The molecule has 0 spiro atoms. The lowest BCUT2D eigenvalue weighted by Gasteiger charge is -2.47. The van der Waals surface area contributed by atoms with Crippen molar-refractivity contribution in [2.24, 2.45) is 23.5 Å². The van der Waals surface area contributed by atoms with E-state index in [0.717, 1.165) is 6.42 Å². The summed E-state index contributed by atoms with van der Waals surface area (Å²) in [6.07, 6.45) is 3.18.